The van der Waals surface area contributed by atoms with Crippen LogP contribution in [0.15, 0.2) is 38.1 Å². The molecule has 1 heterocycles. The number of rotatable bonds is 16. The molecular formula is C33H43IN6O6. The van der Waals surface area contributed by atoms with E-state index in [1.54, 1.807) is 27.4 Å². The Morgan fingerprint density at radius 2 is 1.59 bits per heavy atom. The molecule has 3 rings (SSSR count). The third-order valence-corrected chi connectivity index (χ3v) is 9.01. The van der Waals surface area contributed by atoms with Crippen LogP contribution in [0.3, 0.4) is 0 Å². The number of Topliss-reactive ketones (excluding diaryl/α,β-unsaturated/α-hetero) is 1. The summed E-state index contributed by atoms with van der Waals surface area (Å²) in [4.78, 5) is 19.8. The van der Waals surface area contributed by atoms with Crippen molar-refractivity contribution >= 4 is 28.4 Å². The number of allylic oxidation sites excluding steroid dienone is 2. The highest BCUT2D eigenvalue weighted by atomic mass is 127. The van der Waals surface area contributed by atoms with E-state index in [9.17, 15) is 4.79 Å². The van der Waals surface area contributed by atoms with Gasteiger partial charge in [-0.2, -0.15) is 0 Å². The van der Waals surface area contributed by atoms with Gasteiger partial charge in [0.05, 0.1) is 34.9 Å². The molecule has 13 heteroatoms. The van der Waals surface area contributed by atoms with Crippen LogP contribution in [0.4, 0.5) is 0 Å². The van der Waals surface area contributed by atoms with E-state index in [1.165, 1.54) is 7.11 Å². The van der Waals surface area contributed by atoms with Crippen molar-refractivity contribution in [2.45, 2.75) is 89.8 Å². The molecule has 0 unspecified atom stereocenters. The van der Waals surface area contributed by atoms with Crippen LogP contribution in [0.25, 0.3) is 20.9 Å². The van der Waals surface area contributed by atoms with Crippen molar-refractivity contribution in [3.63, 3.8) is 0 Å². The van der Waals surface area contributed by atoms with Gasteiger partial charge in [-0.15, -0.1) is 0 Å². The van der Waals surface area contributed by atoms with Gasteiger partial charge < -0.3 is 23.7 Å². The van der Waals surface area contributed by atoms with Crippen LogP contribution in [0.2, 0.25) is 0 Å². The molecule has 0 saturated heterocycles. The third kappa shape index (κ3) is 8.92. The van der Waals surface area contributed by atoms with Crippen LogP contribution in [-0.4, -0.2) is 45.3 Å². The van der Waals surface area contributed by atoms with E-state index in [-0.39, 0.29) is 12.2 Å². The number of ether oxygens (including phenoxy) is 5. The molecule has 0 bridgehead atoms. The van der Waals surface area contributed by atoms with Gasteiger partial charge in [-0.1, -0.05) is 50.1 Å². The molecule has 0 amide bonds. The highest BCUT2D eigenvalue weighted by Crippen LogP contribution is 2.48. The number of halogens is 1. The minimum Gasteiger partial charge on any atom is -0.496 e. The summed E-state index contributed by atoms with van der Waals surface area (Å²) in [5, 5.41) is 7.77. The van der Waals surface area contributed by atoms with Crippen LogP contribution < -0.4 is 23.7 Å². The molecule has 12 nitrogen and oxygen atoms in total. The fraction of sp³-hybridized carbons (Fsp3) is 0.545. The third-order valence-electron chi connectivity index (χ3n) is 8.03. The smallest absolute Gasteiger partial charge is 0.174 e. The monoisotopic (exact) mass is 746 g/mol. The predicted molar refractivity (Wildman–Crippen MR) is 186 cm³/mol. The Hall–Kier alpha value is -3.80. The fourth-order valence-corrected chi connectivity index (χ4v) is 6.19. The lowest BCUT2D eigenvalue weighted by Gasteiger charge is -2.30. The summed E-state index contributed by atoms with van der Waals surface area (Å²) in [6, 6.07) is 5.48. The standard InChI is InChI=1S/C33H43IN6O6/c1-32(2,37-39-35)16-9-10-20(34)11-12-22-21(13-14-25(42-5)30(22)44-7)27-18-24(41)29-28(46-27)19-26(43-6)23(31(29)45-8)15-17-33(3,4)38-40-36/h11,13-14,19,27H,9-10,12,15-18H2,1-8H3/b20-11-/t27-/m0/s1. The second-order valence-corrected chi connectivity index (χ2v) is 13.7. The molecule has 0 aliphatic carbocycles. The molecule has 2 aromatic rings. The number of azide groups is 2. The van der Waals surface area contributed by atoms with Gasteiger partial charge in [0.15, 0.2) is 17.3 Å². The molecular weight excluding hydrogens is 703 g/mol. The van der Waals surface area contributed by atoms with Crippen molar-refractivity contribution in [1.29, 1.82) is 0 Å². The van der Waals surface area contributed by atoms with Gasteiger partial charge in [0, 0.05) is 43.7 Å². The molecule has 0 aromatic heterocycles. The quantitative estimate of drug-likeness (QED) is 0.0719. The zero-order valence-corrected chi connectivity index (χ0v) is 30.0. The van der Waals surface area contributed by atoms with Crippen molar-refractivity contribution in [1.82, 2.24) is 0 Å². The first kappa shape index (κ1) is 36.7. The Morgan fingerprint density at radius 1 is 0.957 bits per heavy atom. The second-order valence-electron chi connectivity index (χ2n) is 12.3. The first-order chi connectivity index (χ1) is 21.8. The summed E-state index contributed by atoms with van der Waals surface area (Å²) < 4.78 is 30.7. The Bertz CT molecular complexity index is 1560. The number of carbonyl (C=O) groups excluding carboxylic acids is 1. The minimum atomic E-state index is -0.634. The van der Waals surface area contributed by atoms with Gasteiger partial charge in [0.2, 0.25) is 0 Å². The topological polar surface area (TPSA) is 161 Å². The molecule has 1 aliphatic rings. The molecule has 0 spiro atoms. The van der Waals surface area contributed by atoms with Crippen LogP contribution in [0, 0.1) is 0 Å². The van der Waals surface area contributed by atoms with Crippen LogP contribution in [0.1, 0.15) is 93.0 Å². The van der Waals surface area contributed by atoms with Crippen molar-refractivity contribution in [2.75, 3.05) is 28.4 Å². The average Bonchev–Trinajstić information content (AvgIpc) is 3.01. The summed E-state index contributed by atoms with van der Waals surface area (Å²) in [6.45, 7) is 7.57. The van der Waals surface area contributed by atoms with Crippen molar-refractivity contribution < 1.29 is 28.5 Å². The maximum Gasteiger partial charge on any atom is 0.174 e. The van der Waals surface area contributed by atoms with Gasteiger partial charge in [-0.05, 0) is 81.8 Å². The summed E-state index contributed by atoms with van der Waals surface area (Å²) in [5.41, 5.74) is 19.5. The molecule has 1 aliphatic heterocycles. The maximum atomic E-state index is 13.8. The normalized spacial score (nSPS) is 14.8. The summed E-state index contributed by atoms with van der Waals surface area (Å²) >= 11 is 2.34. The average molecular weight is 747 g/mol. The van der Waals surface area contributed by atoms with Crippen molar-refractivity contribution in [3.05, 3.63) is 71.0 Å². The number of nitrogens with zero attached hydrogens (tertiary/aromatic N) is 6. The van der Waals surface area contributed by atoms with Gasteiger partial charge in [0.1, 0.15) is 28.9 Å². The summed E-state index contributed by atoms with van der Waals surface area (Å²) in [7, 11) is 6.27. The Morgan fingerprint density at radius 3 is 2.17 bits per heavy atom. The number of hydrogen-bond acceptors (Lipinski definition) is 8. The van der Waals surface area contributed by atoms with E-state index in [2.05, 4.69) is 48.7 Å². The van der Waals surface area contributed by atoms with E-state index >= 15 is 0 Å². The number of benzene rings is 2. The summed E-state index contributed by atoms with van der Waals surface area (Å²) in [6.07, 6.45) is 5.63. The first-order valence-electron chi connectivity index (χ1n) is 15.0. The number of methoxy groups -OCH3 is 4. The van der Waals surface area contributed by atoms with E-state index in [1.807, 2.05) is 39.8 Å². The lowest BCUT2D eigenvalue weighted by Crippen LogP contribution is -2.23. The maximum absolute atomic E-state index is 13.8. The molecule has 0 saturated carbocycles. The van der Waals surface area contributed by atoms with Crippen molar-refractivity contribution in [3.8, 4) is 28.7 Å². The zero-order valence-electron chi connectivity index (χ0n) is 27.8. The highest BCUT2D eigenvalue weighted by molar-refractivity contribution is 14.1. The molecule has 1 atom stereocenters. The fourth-order valence-electron chi connectivity index (χ4n) is 5.59. The Kier molecular flexibility index (Phi) is 12.9. The highest BCUT2D eigenvalue weighted by Gasteiger charge is 2.35. The predicted octanol–water partition coefficient (Wildman–Crippen LogP) is 9.57. The van der Waals surface area contributed by atoms with Gasteiger partial charge in [0.25, 0.3) is 0 Å². The lowest BCUT2D eigenvalue weighted by molar-refractivity contribution is 0.0842. The van der Waals surface area contributed by atoms with E-state index in [0.717, 1.165) is 39.5 Å². The van der Waals surface area contributed by atoms with E-state index < -0.39 is 17.2 Å². The molecule has 0 N–H and O–H groups in total. The molecule has 46 heavy (non-hydrogen) atoms. The lowest BCUT2D eigenvalue weighted by atomic mass is 9.88. The van der Waals surface area contributed by atoms with E-state index in [0.29, 0.717) is 53.6 Å². The van der Waals surface area contributed by atoms with E-state index in [4.69, 9.17) is 34.7 Å². The van der Waals surface area contributed by atoms with Crippen LogP contribution in [0.5, 0.6) is 28.7 Å². The molecule has 248 valence electrons. The van der Waals surface area contributed by atoms with Gasteiger partial charge >= 0.3 is 0 Å². The number of carbonyl (C=O) groups is 1. The minimum absolute atomic E-state index is 0.0944. The number of fused-ring (bicyclic) bond motifs is 1. The second kappa shape index (κ2) is 16.2. The van der Waals surface area contributed by atoms with Crippen LogP contribution >= 0.6 is 22.6 Å². The molecule has 2 aromatic carbocycles. The van der Waals surface area contributed by atoms with Crippen molar-refractivity contribution in [2.24, 2.45) is 10.2 Å². The van der Waals surface area contributed by atoms with Gasteiger partial charge in [-0.3, -0.25) is 4.79 Å². The Balaban J connectivity index is 1.99. The van der Waals surface area contributed by atoms with Crippen LogP contribution in [-0.2, 0) is 12.8 Å². The number of hydrogen-bond donors (Lipinski definition) is 0. The molecule has 0 radical (unpaired) electrons. The number of ketones is 1. The Labute approximate surface area is 284 Å². The molecule has 0 fully saturated rings. The summed E-state index contributed by atoms with van der Waals surface area (Å²) in [5.74, 6) is 2.36. The largest absolute Gasteiger partial charge is 0.496 e. The SMILES string of the molecule is COc1cc2c(c(OC)c1CCC(C)(C)N=[N+]=[N-])C(=O)C[C@@H](c1ccc(OC)c(OC)c1C/C=C(\I)CCCC(C)(C)N=[N+]=[N-])O2. The van der Waals surface area contributed by atoms with Gasteiger partial charge in [-0.25, -0.2) is 0 Å². The zero-order chi connectivity index (χ0) is 34.1. The first-order valence-corrected chi connectivity index (χ1v) is 16.1.